The molecule has 3 rings (SSSR count). The van der Waals surface area contributed by atoms with Crippen LogP contribution in [0.4, 0.5) is 0 Å². The molecular formula is C23H28ClN3O5S. The predicted octanol–water partition coefficient (Wildman–Crippen LogP) is 3.63. The van der Waals surface area contributed by atoms with Crippen molar-refractivity contribution < 1.29 is 19.4 Å². The van der Waals surface area contributed by atoms with E-state index in [-0.39, 0.29) is 12.2 Å². The fourth-order valence-corrected chi connectivity index (χ4v) is 4.80. The first-order chi connectivity index (χ1) is 15.7. The highest BCUT2D eigenvalue weighted by Gasteiger charge is 2.21. The van der Waals surface area contributed by atoms with Gasteiger partial charge < -0.3 is 19.6 Å². The van der Waals surface area contributed by atoms with Gasteiger partial charge in [-0.05, 0) is 42.7 Å². The highest BCUT2D eigenvalue weighted by atomic mass is 35.5. The number of halogens is 1. The third-order valence-corrected chi connectivity index (χ3v) is 6.36. The van der Waals surface area contributed by atoms with Gasteiger partial charge in [-0.15, -0.1) is 11.3 Å². The maximum Gasteiger partial charge on any atom is 0.348 e. The Morgan fingerprint density at radius 3 is 2.61 bits per heavy atom. The Kier molecular flexibility index (Phi) is 8.47. The number of nitrogens with one attached hydrogen (secondary N) is 1. The summed E-state index contributed by atoms with van der Waals surface area (Å²) in [7, 11) is 1.31. The van der Waals surface area contributed by atoms with Crippen molar-refractivity contribution in [1.29, 1.82) is 0 Å². The molecule has 0 saturated heterocycles. The van der Waals surface area contributed by atoms with Crippen LogP contribution in [0.15, 0.2) is 29.1 Å². The first kappa shape index (κ1) is 25.2. The Morgan fingerprint density at radius 2 is 1.97 bits per heavy atom. The van der Waals surface area contributed by atoms with E-state index in [2.05, 4.69) is 23.8 Å². The minimum atomic E-state index is -0.746. The Balaban J connectivity index is 1.74. The first-order valence-corrected chi connectivity index (χ1v) is 11.8. The number of ether oxygens (including phenoxy) is 2. The number of hydrogen-bond donors (Lipinski definition) is 2. The van der Waals surface area contributed by atoms with Crippen molar-refractivity contribution in [3.05, 3.63) is 55.9 Å². The topological polar surface area (TPSA) is 105 Å². The fourth-order valence-electron chi connectivity index (χ4n) is 3.56. The van der Waals surface area contributed by atoms with Gasteiger partial charge in [0.05, 0.1) is 19.0 Å². The molecule has 178 valence electrons. The summed E-state index contributed by atoms with van der Waals surface area (Å²) in [4.78, 5) is 35.0. The van der Waals surface area contributed by atoms with E-state index in [9.17, 15) is 14.7 Å². The Morgan fingerprint density at radius 1 is 1.27 bits per heavy atom. The van der Waals surface area contributed by atoms with Gasteiger partial charge in [0, 0.05) is 18.1 Å². The van der Waals surface area contributed by atoms with Crippen LogP contribution in [0.2, 0.25) is 5.02 Å². The molecule has 2 aromatic heterocycles. The van der Waals surface area contributed by atoms with Crippen molar-refractivity contribution in [2.45, 2.75) is 33.4 Å². The van der Waals surface area contributed by atoms with Crippen molar-refractivity contribution in [3.63, 3.8) is 0 Å². The molecule has 0 amide bonds. The number of hydrogen-bond acceptors (Lipinski definition) is 8. The van der Waals surface area contributed by atoms with E-state index in [1.165, 1.54) is 7.11 Å². The Bertz CT molecular complexity index is 1160. The summed E-state index contributed by atoms with van der Waals surface area (Å²) in [5.74, 6) is 0.942. The largest absolute Gasteiger partial charge is 0.491 e. The van der Waals surface area contributed by atoms with Gasteiger partial charge in [0.2, 0.25) is 0 Å². The molecule has 0 bridgehead atoms. The zero-order valence-electron chi connectivity index (χ0n) is 19.1. The number of methoxy groups -OCH3 is 1. The molecule has 1 atom stereocenters. The van der Waals surface area contributed by atoms with Gasteiger partial charge in [-0.25, -0.2) is 9.78 Å². The normalized spacial score (nSPS) is 12.5. The summed E-state index contributed by atoms with van der Waals surface area (Å²) in [6, 6.07) is 6.95. The van der Waals surface area contributed by atoms with Crippen LogP contribution in [0.1, 0.15) is 34.9 Å². The molecule has 2 heterocycles. The maximum atomic E-state index is 12.7. The van der Waals surface area contributed by atoms with Crippen LogP contribution < -0.4 is 10.3 Å². The zero-order chi connectivity index (χ0) is 24.1. The summed E-state index contributed by atoms with van der Waals surface area (Å²) in [5.41, 5.74) is 0.269. The first-order valence-electron chi connectivity index (χ1n) is 10.6. The summed E-state index contributed by atoms with van der Waals surface area (Å²) >= 11 is 7.03. The zero-order valence-corrected chi connectivity index (χ0v) is 20.6. The van der Waals surface area contributed by atoms with E-state index >= 15 is 0 Å². The smallest absolute Gasteiger partial charge is 0.348 e. The second kappa shape index (κ2) is 11.1. The number of esters is 1. The molecule has 0 spiro atoms. The van der Waals surface area contributed by atoms with Crippen molar-refractivity contribution in [2.24, 2.45) is 5.92 Å². The lowest BCUT2D eigenvalue weighted by Gasteiger charge is -2.26. The fraction of sp³-hybridized carbons (Fsp3) is 0.435. The number of benzene rings is 1. The minimum absolute atomic E-state index is 0.117. The number of thiophene rings is 1. The van der Waals surface area contributed by atoms with Gasteiger partial charge in [-0.1, -0.05) is 25.4 Å². The molecule has 0 aliphatic carbocycles. The SMILES string of the molecule is COC(=O)c1sc2nc(CN(CC(C)C)C[C@@H](O)COc3ccc(Cl)cc3)[nH]c(=O)c2c1C. The molecule has 0 unspecified atom stereocenters. The third-order valence-electron chi connectivity index (χ3n) is 4.94. The summed E-state index contributed by atoms with van der Waals surface area (Å²) in [6.45, 7) is 7.35. The van der Waals surface area contributed by atoms with Crippen LogP contribution in [0.3, 0.4) is 0 Å². The van der Waals surface area contributed by atoms with E-state index < -0.39 is 12.1 Å². The quantitative estimate of drug-likeness (QED) is 0.415. The number of carbonyl (C=O) groups is 1. The number of H-pyrrole nitrogens is 1. The molecule has 10 heteroatoms. The highest BCUT2D eigenvalue weighted by molar-refractivity contribution is 7.20. The summed E-state index contributed by atoms with van der Waals surface area (Å²) < 4.78 is 10.5. The molecule has 0 saturated carbocycles. The molecule has 8 nitrogen and oxygen atoms in total. The average molecular weight is 494 g/mol. The van der Waals surface area contributed by atoms with Crippen LogP contribution >= 0.6 is 22.9 Å². The number of rotatable bonds is 10. The Labute approximate surface area is 201 Å². The van der Waals surface area contributed by atoms with Crippen LogP contribution in [-0.4, -0.2) is 58.9 Å². The van der Waals surface area contributed by atoms with Crippen molar-refractivity contribution in [2.75, 3.05) is 26.8 Å². The molecule has 0 fully saturated rings. The van der Waals surface area contributed by atoms with Gasteiger partial charge in [-0.2, -0.15) is 0 Å². The molecular weight excluding hydrogens is 466 g/mol. The Hall–Kier alpha value is -2.46. The van der Waals surface area contributed by atoms with E-state index in [0.717, 1.165) is 11.3 Å². The summed E-state index contributed by atoms with van der Waals surface area (Å²) in [5, 5.41) is 11.6. The van der Waals surface area contributed by atoms with Gasteiger partial charge in [0.1, 0.15) is 34.0 Å². The van der Waals surface area contributed by atoms with Gasteiger partial charge in [0.15, 0.2) is 0 Å². The molecule has 33 heavy (non-hydrogen) atoms. The number of nitrogens with zero attached hydrogens (tertiary/aromatic N) is 2. The van der Waals surface area contributed by atoms with Crippen LogP contribution in [0.5, 0.6) is 5.75 Å². The van der Waals surface area contributed by atoms with Gasteiger partial charge in [-0.3, -0.25) is 9.69 Å². The predicted molar refractivity (Wildman–Crippen MR) is 129 cm³/mol. The lowest BCUT2D eigenvalue weighted by Crippen LogP contribution is -2.38. The van der Waals surface area contributed by atoms with Crippen molar-refractivity contribution in [1.82, 2.24) is 14.9 Å². The van der Waals surface area contributed by atoms with E-state index in [4.69, 9.17) is 21.1 Å². The number of aromatic nitrogens is 2. The minimum Gasteiger partial charge on any atom is -0.491 e. The molecule has 3 aromatic rings. The van der Waals surface area contributed by atoms with E-state index in [0.29, 0.717) is 62.8 Å². The number of aromatic amines is 1. The van der Waals surface area contributed by atoms with Gasteiger partial charge in [0.25, 0.3) is 5.56 Å². The number of aliphatic hydroxyl groups is 1. The second-order valence-electron chi connectivity index (χ2n) is 8.25. The van der Waals surface area contributed by atoms with Crippen LogP contribution in [-0.2, 0) is 11.3 Å². The second-order valence-corrected chi connectivity index (χ2v) is 9.68. The van der Waals surface area contributed by atoms with E-state index in [1.807, 2.05) is 4.90 Å². The standard InChI is InChI=1S/C23H28ClN3O5S/c1-13(2)9-27(10-16(28)12-32-17-7-5-15(24)6-8-17)11-18-25-21(29)19-14(3)20(23(30)31-4)33-22(19)26-18/h5-8,13,16,28H,9-12H2,1-4H3,(H,25,26,29)/t16-/m1/s1. The molecule has 1 aromatic carbocycles. The van der Waals surface area contributed by atoms with Crippen LogP contribution in [0, 0.1) is 12.8 Å². The number of aryl methyl sites for hydroxylation is 1. The number of carbonyl (C=O) groups excluding carboxylic acids is 1. The number of fused-ring (bicyclic) bond motifs is 1. The van der Waals surface area contributed by atoms with E-state index in [1.54, 1.807) is 31.2 Å². The van der Waals surface area contributed by atoms with Crippen LogP contribution in [0.25, 0.3) is 10.2 Å². The molecule has 0 radical (unpaired) electrons. The van der Waals surface area contributed by atoms with Crippen molar-refractivity contribution in [3.8, 4) is 5.75 Å². The average Bonchev–Trinajstić information content (AvgIpc) is 3.09. The number of aliphatic hydroxyl groups excluding tert-OH is 1. The lowest BCUT2D eigenvalue weighted by molar-refractivity contribution is 0.0602. The maximum absolute atomic E-state index is 12.7. The lowest BCUT2D eigenvalue weighted by atomic mass is 10.2. The monoisotopic (exact) mass is 493 g/mol. The molecule has 0 aliphatic rings. The molecule has 2 N–H and O–H groups in total. The highest BCUT2D eigenvalue weighted by Crippen LogP contribution is 2.27. The summed E-state index contributed by atoms with van der Waals surface area (Å²) in [6.07, 6.45) is -0.746. The van der Waals surface area contributed by atoms with Gasteiger partial charge >= 0.3 is 5.97 Å². The third kappa shape index (κ3) is 6.54. The van der Waals surface area contributed by atoms with Crippen molar-refractivity contribution >= 4 is 39.1 Å². The molecule has 0 aliphatic heterocycles.